The predicted octanol–water partition coefficient (Wildman–Crippen LogP) is 5.12. The van der Waals surface area contributed by atoms with Crippen molar-refractivity contribution >= 4 is 44.9 Å². The molecule has 3 rings (SSSR count). The Balaban J connectivity index is 1.92. The van der Waals surface area contributed by atoms with Gasteiger partial charge in [0, 0.05) is 38.5 Å². The van der Waals surface area contributed by atoms with E-state index in [-0.39, 0.29) is 12.2 Å². The number of hydrogen-bond acceptors (Lipinski definition) is 2. The van der Waals surface area contributed by atoms with Gasteiger partial charge in [-0.2, -0.15) is 0 Å². The number of rotatable bonds is 3. The fraction of sp³-hybridized carbons (Fsp3) is 0.188. The molecule has 0 spiro atoms. The van der Waals surface area contributed by atoms with Crippen LogP contribution < -0.4 is 4.74 Å². The van der Waals surface area contributed by atoms with Crippen LogP contribution in [-0.2, 0) is 12.8 Å². The Labute approximate surface area is 141 Å². The lowest BCUT2D eigenvalue weighted by atomic mass is 10.00. The van der Waals surface area contributed by atoms with E-state index in [2.05, 4.69) is 15.9 Å². The van der Waals surface area contributed by atoms with Gasteiger partial charge in [-0.05, 0) is 35.9 Å². The summed E-state index contributed by atoms with van der Waals surface area (Å²) in [6.45, 7) is 0.663. The molecule has 2 aromatic carbocycles. The fourth-order valence-corrected chi connectivity index (χ4v) is 3.55. The van der Waals surface area contributed by atoms with E-state index in [1.54, 1.807) is 18.2 Å². The van der Waals surface area contributed by atoms with Gasteiger partial charge in [0.1, 0.15) is 5.75 Å². The summed E-state index contributed by atoms with van der Waals surface area (Å²) in [7, 11) is 0. The van der Waals surface area contributed by atoms with E-state index in [0.717, 1.165) is 27.8 Å². The van der Waals surface area contributed by atoms with E-state index >= 15 is 0 Å². The first-order valence-electron chi connectivity index (χ1n) is 6.46. The minimum absolute atomic E-state index is 0.0322. The third-order valence-electron chi connectivity index (χ3n) is 3.36. The van der Waals surface area contributed by atoms with Crippen LogP contribution in [0.25, 0.3) is 0 Å². The van der Waals surface area contributed by atoms with E-state index in [9.17, 15) is 4.79 Å². The summed E-state index contributed by atoms with van der Waals surface area (Å²) in [5, 5.41) is 0.920. The molecule has 0 radical (unpaired) electrons. The Morgan fingerprint density at radius 2 is 1.86 bits per heavy atom. The summed E-state index contributed by atoms with van der Waals surface area (Å²) in [6.07, 6.45) is 1.14. The molecule has 0 amide bonds. The zero-order chi connectivity index (χ0) is 15.0. The highest BCUT2D eigenvalue weighted by atomic mass is 79.9. The van der Waals surface area contributed by atoms with Crippen LogP contribution in [0, 0.1) is 0 Å². The molecule has 0 saturated heterocycles. The molecule has 0 unspecified atom stereocenters. The lowest BCUT2D eigenvalue weighted by Gasteiger charge is -2.09. The third-order valence-corrected chi connectivity index (χ3v) is 4.26. The average Bonchev–Trinajstić information content (AvgIpc) is 2.85. The summed E-state index contributed by atoms with van der Waals surface area (Å²) in [6, 6.07) is 8.84. The van der Waals surface area contributed by atoms with Gasteiger partial charge in [-0.15, -0.1) is 0 Å². The van der Waals surface area contributed by atoms with Gasteiger partial charge in [0.2, 0.25) is 0 Å². The summed E-state index contributed by atoms with van der Waals surface area (Å²) in [5.41, 5.74) is 2.54. The van der Waals surface area contributed by atoms with Crippen molar-refractivity contribution in [3.8, 4) is 5.75 Å². The van der Waals surface area contributed by atoms with Gasteiger partial charge in [-0.3, -0.25) is 4.79 Å². The molecule has 0 aliphatic carbocycles. The molecule has 21 heavy (non-hydrogen) atoms. The van der Waals surface area contributed by atoms with Crippen molar-refractivity contribution in [1.82, 2.24) is 0 Å². The number of fused-ring (bicyclic) bond motifs is 1. The van der Waals surface area contributed by atoms with Gasteiger partial charge in [-0.1, -0.05) is 39.1 Å². The largest absolute Gasteiger partial charge is 0.493 e. The Bertz CT molecular complexity index is 708. The Morgan fingerprint density at radius 1 is 1.14 bits per heavy atom. The van der Waals surface area contributed by atoms with Crippen LogP contribution >= 0.6 is 39.1 Å². The standard InChI is InChI=1S/C16H11BrCl2O2/c17-12-3-9-1-2-21-16(9)11(4-12)7-15(20)10-5-13(18)8-14(19)6-10/h3-6,8H,1-2,7H2. The predicted molar refractivity (Wildman–Crippen MR) is 87.8 cm³/mol. The summed E-state index contributed by atoms with van der Waals surface area (Å²) in [5.74, 6) is 0.801. The lowest BCUT2D eigenvalue weighted by molar-refractivity contribution is 0.0992. The summed E-state index contributed by atoms with van der Waals surface area (Å²) >= 11 is 15.4. The molecule has 1 heterocycles. The van der Waals surface area contributed by atoms with Crippen molar-refractivity contribution in [3.63, 3.8) is 0 Å². The SMILES string of the molecule is O=C(Cc1cc(Br)cc2c1OCC2)c1cc(Cl)cc(Cl)c1. The Hall–Kier alpha value is -1.03. The molecule has 2 nitrogen and oxygen atoms in total. The van der Waals surface area contributed by atoms with Gasteiger partial charge < -0.3 is 4.74 Å². The van der Waals surface area contributed by atoms with Crippen LogP contribution in [0.1, 0.15) is 21.5 Å². The number of Topliss-reactive ketones (excluding diaryl/α,β-unsaturated/α-hetero) is 1. The first kappa shape index (κ1) is 14.9. The topological polar surface area (TPSA) is 26.3 Å². The van der Waals surface area contributed by atoms with E-state index in [1.807, 2.05) is 12.1 Å². The molecule has 108 valence electrons. The monoisotopic (exact) mass is 384 g/mol. The highest BCUT2D eigenvalue weighted by molar-refractivity contribution is 9.10. The van der Waals surface area contributed by atoms with Crippen LogP contribution in [0.4, 0.5) is 0 Å². The van der Waals surface area contributed by atoms with Gasteiger partial charge in [-0.25, -0.2) is 0 Å². The van der Waals surface area contributed by atoms with Crippen LogP contribution in [0.2, 0.25) is 10.0 Å². The highest BCUT2D eigenvalue weighted by Gasteiger charge is 2.20. The maximum atomic E-state index is 12.4. The zero-order valence-electron chi connectivity index (χ0n) is 11.0. The Morgan fingerprint density at radius 3 is 2.57 bits per heavy atom. The highest BCUT2D eigenvalue weighted by Crippen LogP contribution is 2.34. The lowest BCUT2D eigenvalue weighted by Crippen LogP contribution is -2.05. The Kier molecular flexibility index (Phi) is 4.25. The molecule has 0 atom stereocenters. The van der Waals surface area contributed by atoms with Crippen molar-refractivity contribution in [2.45, 2.75) is 12.8 Å². The van der Waals surface area contributed by atoms with E-state index in [4.69, 9.17) is 27.9 Å². The quantitative estimate of drug-likeness (QED) is 0.685. The van der Waals surface area contributed by atoms with Crippen molar-refractivity contribution in [2.75, 3.05) is 6.61 Å². The molecular weight excluding hydrogens is 375 g/mol. The van der Waals surface area contributed by atoms with Crippen LogP contribution in [0.15, 0.2) is 34.8 Å². The summed E-state index contributed by atoms with van der Waals surface area (Å²) in [4.78, 5) is 12.4. The molecule has 1 aliphatic heterocycles. The van der Waals surface area contributed by atoms with Gasteiger partial charge in [0.05, 0.1) is 6.61 Å². The normalized spacial score (nSPS) is 12.9. The third kappa shape index (κ3) is 3.25. The number of carbonyl (C=O) groups excluding carboxylic acids is 1. The van der Waals surface area contributed by atoms with Crippen molar-refractivity contribution < 1.29 is 9.53 Å². The fourth-order valence-electron chi connectivity index (χ4n) is 2.47. The smallest absolute Gasteiger partial charge is 0.167 e. The molecule has 5 heteroatoms. The van der Waals surface area contributed by atoms with Crippen LogP contribution in [-0.4, -0.2) is 12.4 Å². The molecule has 0 N–H and O–H groups in total. The molecule has 1 aliphatic rings. The second kappa shape index (κ2) is 5.99. The zero-order valence-corrected chi connectivity index (χ0v) is 14.1. The molecule has 0 saturated carbocycles. The first-order chi connectivity index (χ1) is 10.0. The number of halogens is 3. The van der Waals surface area contributed by atoms with Crippen LogP contribution in [0.3, 0.4) is 0 Å². The maximum absolute atomic E-state index is 12.4. The van der Waals surface area contributed by atoms with Crippen molar-refractivity contribution in [1.29, 1.82) is 0 Å². The molecular formula is C16H11BrCl2O2. The van der Waals surface area contributed by atoms with E-state index < -0.39 is 0 Å². The maximum Gasteiger partial charge on any atom is 0.167 e. The van der Waals surface area contributed by atoms with Crippen molar-refractivity contribution in [2.24, 2.45) is 0 Å². The van der Waals surface area contributed by atoms with E-state index in [0.29, 0.717) is 22.2 Å². The van der Waals surface area contributed by atoms with Crippen molar-refractivity contribution in [3.05, 3.63) is 61.5 Å². The van der Waals surface area contributed by atoms with Crippen LogP contribution in [0.5, 0.6) is 5.75 Å². The molecule has 0 bridgehead atoms. The number of carbonyl (C=O) groups is 1. The number of ether oxygens (including phenoxy) is 1. The van der Waals surface area contributed by atoms with E-state index in [1.165, 1.54) is 0 Å². The molecule has 0 aromatic heterocycles. The van der Waals surface area contributed by atoms with Gasteiger partial charge >= 0.3 is 0 Å². The second-order valence-electron chi connectivity index (χ2n) is 4.91. The van der Waals surface area contributed by atoms with Gasteiger partial charge in [0.15, 0.2) is 5.78 Å². The minimum atomic E-state index is -0.0322. The van der Waals surface area contributed by atoms with Gasteiger partial charge in [0.25, 0.3) is 0 Å². The number of ketones is 1. The summed E-state index contributed by atoms with van der Waals surface area (Å²) < 4.78 is 6.60. The average molecular weight is 386 g/mol. The number of benzene rings is 2. The first-order valence-corrected chi connectivity index (χ1v) is 8.01. The molecule has 0 fully saturated rings. The second-order valence-corrected chi connectivity index (χ2v) is 6.70. The molecule has 2 aromatic rings. The number of hydrogen-bond donors (Lipinski definition) is 0. The minimum Gasteiger partial charge on any atom is -0.493 e.